The molecule has 3 aromatic rings. The summed E-state index contributed by atoms with van der Waals surface area (Å²) >= 11 is 0. The van der Waals surface area contributed by atoms with Crippen LogP contribution < -0.4 is 9.47 Å². The Morgan fingerprint density at radius 3 is 2.42 bits per heavy atom. The Balaban J connectivity index is 1.92. The van der Waals surface area contributed by atoms with E-state index in [1.54, 1.807) is 0 Å². The number of hydrogen-bond donors (Lipinski definition) is 1. The van der Waals surface area contributed by atoms with Crippen LogP contribution in [0, 0.1) is 13.8 Å². The number of fused-ring (bicyclic) bond motifs is 3. The third kappa shape index (κ3) is 1.94. The fraction of sp³-hybridized carbons (Fsp3) is 0.190. The lowest BCUT2D eigenvalue weighted by Crippen LogP contribution is -2.00. The van der Waals surface area contributed by atoms with Crippen LogP contribution in [0.25, 0.3) is 21.9 Å². The number of rotatable bonds is 1. The van der Waals surface area contributed by atoms with Crippen molar-refractivity contribution in [1.82, 2.24) is 0 Å². The number of carbonyl (C=O) groups is 1. The van der Waals surface area contributed by atoms with E-state index in [2.05, 4.69) is 0 Å². The molecule has 0 aromatic heterocycles. The van der Waals surface area contributed by atoms with Crippen LogP contribution >= 0.6 is 0 Å². The molecule has 0 bridgehead atoms. The minimum Gasteiger partial charge on any atom is -0.507 e. The van der Waals surface area contributed by atoms with Gasteiger partial charge in [0.25, 0.3) is 0 Å². The molecule has 26 heavy (non-hydrogen) atoms. The summed E-state index contributed by atoms with van der Waals surface area (Å²) in [4.78, 5) is 12.5. The molecule has 2 aliphatic rings. The average Bonchev–Trinajstić information content (AvgIpc) is 3.24. The van der Waals surface area contributed by atoms with Crippen LogP contribution in [0.4, 0.5) is 0 Å². The summed E-state index contributed by atoms with van der Waals surface area (Å²) in [5.41, 5.74) is 4.73. The predicted octanol–water partition coefficient (Wildman–Crippen LogP) is 4.23. The number of aryl methyl sites for hydroxylation is 2. The van der Waals surface area contributed by atoms with Crippen molar-refractivity contribution in [1.29, 1.82) is 0 Å². The fourth-order valence-corrected chi connectivity index (χ4v) is 3.71. The molecular formula is C21H16O5. The number of phenols is 1. The summed E-state index contributed by atoms with van der Waals surface area (Å²) in [6.07, 6.45) is 0. The topological polar surface area (TPSA) is 65.0 Å². The van der Waals surface area contributed by atoms with Gasteiger partial charge < -0.3 is 19.3 Å². The lowest BCUT2D eigenvalue weighted by atomic mass is 9.88. The first kappa shape index (κ1) is 15.1. The van der Waals surface area contributed by atoms with Crippen LogP contribution in [0.3, 0.4) is 0 Å². The summed E-state index contributed by atoms with van der Waals surface area (Å²) in [6.45, 7) is 4.29. The van der Waals surface area contributed by atoms with Crippen LogP contribution in [0.1, 0.15) is 27.0 Å². The fourth-order valence-electron chi connectivity index (χ4n) is 3.71. The van der Waals surface area contributed by atoms with Gasteiger partial charge in [0.05, 0.1) is 5.56 Å². The minimum atomic E-state index is -0.414. The molecule has 0 amide bonds. The number of ether oxygens (including phenoxy) is 3. The van der Waals surface area contributed by atoms with Crippen molar-refractivity contribution >= 4 is 16.7 Å². The van der Waals surface area contributed by atoms with Crippen LogP contribution in [0.5, 0.6) is 17.2 Å². The molecule has 2 heterocycles. The number of aromatic hydroxyl groups is 1. The van der Waals surface area contributed by atoms with Crippen LogP contribution in [-0.2, 0) is 11.3 Å². The highest BCUT2D eigenvalue weighted by Crippen LogP contribution is 2.46. The van der Waals surface area contributed by atoms with Crippen LogP contribution in [0.2, 0.25) is 0 Å². The Morgan fingerprint density at radius 1 is 0.885 bits per heavy atom. The van der Waals surface area contributed by atoms with Crippen molar-refractivity contribution in [2.24, 2.45) is 0 Å². The lowest BCUT2D eigenvalue weighted by molar-refractivity contribution is 0.0535. The van der Waals surface area contributed by atoms with E-state index in [0.29, 0.717) is 22.6 Å². The van der Waals surface area contributed by atoms with E-state index in [1.807, 2.05) is 44.2 Å². The van der Waals surface area contributed by atoms with Gasteiger partial charge in [-0.05, 0) is 54.1 Å². The number of hydrogen-bond acceptors (Lipinski definition) is 5. The molecule has 1 N–H and O–H groups in total. The predicted molar refractivity (Wildman–Crippen MR) is 95.8 cm³/mol. The maximum Gasteiger partial charge on any atom is 0.339 e. The molecule has 0 atom stereocenters. The Hall–Kier alpha value is -3.21. The van der Waals surface area contributed by atoms with Gasteiger partial charge in [-0.25, -0.2) is 4.79 Å². The monoisotopic (exact) mass is 348 g/mol. The van der Waals surface area contributed by atoms with Gasteiger partial charge in [-0.2, -0.15) is 0 Å². The zero-order valence-corrected chi connectivity index (χ0v) is 14.4. The van der Waals surface area contributed by atoms with Crippen LogP contribution in [-0.4, -0.2) is 17.9 Å². The molecule has 0 aliphatic carbocycles. The molecule has 2 aliphatic heterocycles. The van der Waals surface area contributed by atoms with Crippen molar-refractivity contribution in [2.45, 2.75) is 20.5 Å². The molecule has 130 valence electrons. The quantitative estimate of drug-likeness (QED) is 0.667. The Bertz CT molecular complexity index is 1110. The highest BCUT2D eigenvalue weighted by molar-refractivity contribution is 6.13. The van der Waals surface area contributed by atoms with E-state index in [-0.39, 0.29) is 19.1 Å². The lowest BCUT2D eigenvalue weighted by Gasteiger charge is -2.15. The van der Waals surface area contributed by atoms with Gasteiger partial charge in [0.1, 0.15) is 12.4 Å². The van der Waals surface area contributed by atoms with Crippen molar-refractivity contribution in [2.75, 3.05) is 6.79 Å². The van der Waals surface area contributed by atoms with Crippen LogP contribution in [0.15, 0.2) is 30.3 Å². The van der Waals surface area contributed by atoms with E-state index in [9.17, 15) is 9.90 Å². The standard InChI is InChI=1S/C21H16O5/c1-10-5-13-14(6-11(10)2)20(22)15-8-24-21(23)19(15)18(13)12-3-4-16-17(7-12)26-9-25-16/h3-7,22H,8-9H2,1-2H3. The second-order valence-corrected chi connectivity index (χ2v) is 6.70. The molecular weight excluding hydrogens is 332 g/mol. The maximum atomic E-state index is 12.5. The number of cyclic esters (lactones) is 1. The van der Waals surface area contributed by atoms with E-state index in [4.69, 9.17) is 14.2 Å². The highest BCUT2D eigenvalue weighted by atomic mass is 16.7. The Labute approximate surface area is 149 Å². The van der Waals surface area contributed by atoms with E-state index >= 15 is 0 Å². The Kier molecular flexibility index (Phi) is 2.98. The maximum absolute atomic E-state index is 12.5. The Morgan fingerprint density at radius 2 is 1.62 bits per heavy atom. The number of esters is 1. The molecule has 0 saturated carbocycles. The van der Waals surface area contributed by atoms with Gasteiger partial charge in [0.2, 0.25) is 6.79 Å². The molecule has 0 spiro atoms. The van der Waals surface area contributed by atoms with E-state index in [1.165, 1.54) is 0 Å². The third-order valence-electron chi connectivity index (χ3n) is 5.21. The van der Waals surface area contributed by atoms with Gasteiger partial charge in [-0.1, -0.05) is 12.1 Å². The molecule has 5 nitrogen and oxygen atoms in total. The van der Waals surface area contributed by atoms with Gasteiger partial charge in [-0.3, -0.25) is 0 Å². The SMILES string of the molecule is Cc1cc2c(O)c3c(c(-c4ccc5c(c4)OCO5)c2cc1C)C(=O)OC3. The van der Waals surface area contributed by atoms with Gasteiger partial charge >= 0.3 is 5.97 Å². The highest BCUT2D eigenvalue weighted by Gasteiger charge is 2.32. The zero-order valence-electron chi connectivity index (χ0n) is 14.4. The smallest absolute Gasteiger partial charge is 0.339 e. The first-order valence-corrected chi connectivity index (χ1v) is 8.40. The van der Waals surface area contributed by atoms with Crippen molar-refractivity contribution in [3.05, 3.63) is 52.6 Å². The third-order valence-corrected chi connectivity index (χ3v) is 5.21. The minimum absolute atomic E-state index is 0.0837. The number of phenolic OH excluding ortho intramolecular Hbond substituents is 1. The summed E-state index contributed by atoms with van der Waals surface area (Å²) in [5.74, 6) is 1.03. The largest absolute Gasteiger partial charge is 0.507 e. The first-order chi connectivity index (χ1) is 12.5. The van der Waals surface area contributed by atoms with E-state index < -0.39 is 5.97 Å². The summed E-state index contributed by atoms with van der Waals surface area (Å²) in [7, 11) is 0. The second-order valence-electron chi connectivity index (χ2n) is 6.70. The number of benzene rings is 3. The molecule has 0 saturated heterocycles. The van der Waals surface area contributed by atoms with Crippen molar-refractivity contribution < 1.29 is 24.1 Å². The van der Waals surface area contributed by atoms with E-state index in [0.717, 1.165) is 33.0 Å². The molecule has 0 unspecified atom stereocenters. The van der Waals surface area contributed by atoms with Gasteiger partial charge in [0.15, 0.2) is 11.5 Å². The molecule has 3 aromatic carbocycles. The van der Waals surface area contributed by atoms with Crippen molar-refractivity contribution in [3.8, 4) is 28.4 Å². The summed E-state index contributed by atoms with van der Waals surface area (Å²) in [6, 6.07) is 9.58. The normalized spacial score (nSPS) is 14.6. The first-order valence-electron chi connectivity index (χ1n) is 8.40. The van der Waals surface area contributed by atoms with Gasteiger partial charge in [0, 0.05) is 16.5 Å². The van der Waals surface area contributed by atoms with Gasteiger partial charge in [-0.15, -0.1) is 0 Å². The second kappa shape index (κ2) is 5.14. The molecule has 5 rings (SSSR count). The van der Waals surface area contributed by atoms with Crippen molar-refractivity contribution in [3.63, 3.8) is 0 Å². The summed E-state index contributed by atoms with van der Waals surface area (Å²) < 4.78 is 16.1. The molecule has 0 fully saturated rings. The average molecular weight is 348 g/mol. The number of carbonyl (C=O) groups excluding carboxylic acids is 1. The molecule has 5 heteroatoms. The summed E-state index contributed by atoms with van der Waals surface area (Å²) in [5, 5.41) is 12.3. The zero-order chi connectivity index (χ0) is 18.0. The molecule has 0 radical (unpaired) electrons.